The van der Waals surface area contributed by atoms with Gasteiger partial charge in [0, 0.05) is 34.4 Å². The number of halogens is 1. The standard InChI is InChI=1S/C18H15BrN2OS/c1-12(22)20-10-13-2-4-14(5-3-13)17-11-23-18(21-17)15-6-8-16(19)9-7-15/h2-9,11H,10H2,1H3,(H,20,22). The third-order valence-electron chi connectivity index (χ3n) is 3.39. The summed E-state index contributed by atoms with van der Waals surface area (Å²) in [5, 5.41) is 5.87. The molecule has 0 bridgehead atoms. The lowest BCUT2D eigenvalue weighted by Crippen LogP contribution is -2.18. The van der Waals surface area contributed by atoms with Gasteiger partial charge in [0.25, 0.3) is 0 Å². The Labute approximate surface area is 147 Å². The highest BCUT2D eigenvalue weighted by atomic mass is 79.9. The fourth-order valence-corrected chi connectivity index (χ4v) is 3.25. The summed E-state index contributed by atoms with van der Waals surface area (Å²) in [6.07, 6.45) is 0. The van der Waals surface area contributed by atoms with Gasteiger partial charge in [0.15, 0.2) is 0 Å². The highest BCUT2D eigenvalue weighted by Gasteiger charge is 2.07. The topological polar surface area (TPSA) is 42.0 Å². The van der Waals surface area contributed by atoms with E-state index in [1.807, 2.05) is 36.4 Å². The summed E-state index contributed by atoms with van der Waals surface area (Å²) in [5.41, 5.74) is 4.24. The molecule has 0 aliphatic rings. The number of carbonyl (C=O) groups excluding carboxylic acids is 1. The molecule has 3 aromatic rings. The number of nitrogens with zero attached hydrogens (tertiary/aromatic N) is 1. The average molecular weight is 387 g/mol. The number of aromatic nitrogens is 1. The minimum Gasteiger partial charge on any atom is -0.352 e. The summed E-state index contributed by atoms with van der Waals surface area (Å²) in [6.45, 7) is 2.07. The van der Waals surface area contributed by atoms with Gasteiger partial charge in [-0.15, -0.1) is 11.3 Å². The first kappa shape index (κ1) is 15.9. The average Bonchev–Trinajstić information content (AvgIpc) is 3.04. The molecule has 2 aromatic carbocycles. The van der Waals surface area contributed by atoms with E-state index in [1.54, 1.807) is 11.3 Å². The molecule has 3 nitrogen and oxygen atoms in total. The van der Waals surface area contributed by atoms with Gasteiger partial charge in [-0.3, -0.25) is 4.79 Å². The summed E-state index contributed by atoms with van der Waals surface area (Å²) < 4.78 is 1.06. The number of carbonyl (C=O) groups is 1. The molecule has 0 spiro atoms. The SMILES string of the molecule is CC(=O)NCc1ccc(-c2csc(-c3ccc(Br)cc3)n2)cc1. The summed E-state index contributed by atoms with van der Waals surface area (Å²) in [7, 11) is 0. The van der Waals surface area contributed by atoms with Gasteiger partial charge >= 0.3 is 0 Å². The Balaban J connectivity index is 1.77. The third kappa shape index (κ3) is 4.06. The molecule has 3 rings (SSSR count). The number of amides is 1. The molecule has 0 unspecified atom stereocenters. The van der Waals surface area contributed by atoms with Crippen molar-refractivity contribution in [1.82, 2.24) is 10.3 Å². The second-order valence-electron chi connectivity index (χ2n) is 5.15. The zero-order chi connectivity index (χ0) is 16.2. The van der Waals surface area contributed by atoms with Crippen LogP contribution in [0.25, 0.3) is 21.8 Å². The molecule has 116 valence electrons. The van der Waals surface area contributed by atoms with E-state index in [0.717, 1.165) is 31.9 Å². The monoisotopic (exact) mass is 386 g/mol. The van der Waals surface area contributed by atoms with Crippen LogP contribution in [0.4, 0.5) is 0 Å². The van der Waals surface area contributed by atoms with E-state index in [-0.39, 0.29) is 5.91 Å². The Morgan fingerprint density at radius 2 is 1.74 bits per heavy atom. The minimum atomic E-state index is -0.0206. The second-order valence-corrected chi connectivity index (χ2v) is 6.93. The molecule has 1 heterocycles. The molecular formula is C18H15BrN2OS. The predicted octanol–water partition coefficient (Wildman–Crippen LogP) is 4.88. The van der Waals surface area contributed by atoms with Gasteiger partial charge in [-0.25, -0.2) is 4.98 Å². The molecule has 5 heteroatoms. The van der Waals surface area contributed by atoms with Crippen LogP contribution in [0.5, 0.6) is 0 Å². The predicted molar refractivity (Wildman–Crippen MR) is 98.2 cm³/mol. The number of hydrogen-bond acceptors (Lipinski definition) is 3. The van der Waals surface area contributed by atoms with Gasteiger partial charge in [-0.05, 0) is 17.7 Å². The van der Waals surface area contributed by atoms with Crippen LogP contribution in [0.15, 0.2) is 58.4 Å². The molecule has 0 saturated heterocycles. The van der Waals surface area contributed by atoms with Crippen molar-refractivity contribution in [2.45, 2.75) is 13.5 Å². The van der Waals surface area contributed by atoms with Crippen molar-refractivity contribution in [3.63, 3.8) is 0 Å². The van der Waals surface area contributed by atoms with Crippen LogP contribution in [0.1, 0.15) is 12.5 Å². The smallest absolute Gasteiger partial charge is 0.217 e. The summed E-state index contributed by atoms with van der Waals surface area (Å²) in [6, 6.07) is 16.3. The van der Waals surface area contributed by atoms with Crippen molar-refractivity contribution < 1.29 is 4.79 Å². The molecular weight excluding hydrogens is 372 g/mol. The molecule has 0 radical (unpaired) electrons. The van der Waals surface area contributed by atoms with Crippen LogP contribution in [-0.2, 0) is 11.3 Å². The normalized spacial score (nSPS) is 10.5. The van der Waals surface area contributed by atoms with Crippen molar-refractivity contribution in [1.29, 1.82) is 0 Å². The maximum Gasteiger partial charge on any atom is 0.217 e. The molecule has 0 aliphatic heterocycles. The number of rotatable bonds is 4. The molecule has 0 saturated carbocycles. The maximum atomic E-state index is 10.9. The van der Waals surface area contributed by atoms with Gasteiger partial charge in [0.2, 0.25) is 5.91 Å². The number of benzene rings is 2. The molecule has 0 aliphatic carbocycles. The number of hydrogen-bond donors (Lipinski definition) is 1. The Hall–Kier alpha value is -1.98. The lowest BCUT2D eigenvalue weighted by atomic mass is 10.1. The van der Waals surface area contributed by atoms with E-state index in [2.05, 4.69) is 38.8 Å². The zero-order valence-electron chi connectivity index (χ0n) is 12.5. The fourth-order valence-electron chi connectivity index (χ4n) is 2.15. The first-order valence-electron chi connectivity index (χ1n) is 7.17. The Bertz CT molecular complexity index is 810. The molecule has 0 atom stereocenters. The molecule has 1 amide bonds. The van der Waals surface area contributed by atoms with Crippen molar-refractivity contribution in [2.75, 3.05) is 0 Å². The van der Waals surface area contributed by atoms with Crippen molar-refractivity contribution in [3.8, 4) is 21.8 Å². The number of thiazole rings is 1. The van der Waals surface area contributed by atoms with Crippen LogP contribution in [0.2, 0.25) is 0 Å². The van der Waals surface area contributed by atoms with Crippen molar-refractivity contribution in [2.24, 2.45) is 0 Å². The first-order chi connectivity index (χ1) is 11.1. The highest BCUT2D eigenvalue weighted by Crippen LogP contribution is 2.29. The van der Waals surface area contributed by atoms with E-state index in [9.17, 15) is 4.79 Å². The highest BCUT2D eigenvalue weighted by molar-refractivity contribution is 9.10. The summed E-state index contributed by atoms with van der Waals surface area (Å²) >= 11 is 5.08. The number of nitrogens with one attached hydrogen (secondary N) is 1. The van der Waals surface area contributed by atoms with E-state index < -0.39 is 0 Å². The lowest BCUT2D eigenvalue weighted by Gasteiger charge is -2.03. The van der Waals surface area contributed by atoms with Crippen molar-refractivity contribution >= 4 is 33.2 Å². The molecule has 1 N–H and O–H groups in total. The van der Waals surface area contributed by atoms with Crippen LogP contribution >= 0.6 is 27.3 Å². The fraction of sp³-hybridized carbons (Fsp3) is 0.111. The largest absolute Gasteiger partial charge is 0.352 e. The molecule has 1 aromatic heterocycles. The zero-order valence-corrected chi connectivity index (χ0v) is 14.9. The summed E-state index contributed by atoms with van der Waals surface area (Å²) in [5.74, 6) is -0.0206. The molecule has 0 fully saturated rings. The summed E-state index contributed by atoms with van der Waals surface area (Å²) in [4.78, 5) is 15.7. The maximum absolute atomic E-state index is 10.9. The van der Waals surface area contributed by atoms with E-state index in [1.165, 1.54) is 6.92 Å². The Morgan fingerprint density at radius 3 is 2.39 bits per heavy atom. The third-order valence-corrected chi connectivity index (χ3v) is 4.81. The second kappa shape index (κ2) is 7.06. The minimum absolute atomic E-state index is 0.0206. The Morgan fingerprint density at radius 1 is 1.09 bits per heavy atom. The quantitative estimate of drug-likeness (QED) is 0.694. The van der Waals surface area contributed by atoms with Gasteiger partial charge in [0.05, 0.1) is 5.69 Å². The van der Waals surface area contributed by atoms with E-state index >= 15 is 0 Å². The lowest BCUT2D eigenvalue weighted by molar-refractivity contribution is -0.119. The van der Waals surface area contributed by atoms with Crippen LogP contribution in [-0.4, -0.2) is 10.9 Å². The van der Waals surface area contributed by atoms with Crippen molar-refractivity contribution in [3.05, 3.63) is 63.9 Å². The van der Waals surface area contributed by atoms with Gasteiger partial charge in [-0.1, -0.05) is 52.3 Å². The first-order valence-corrected chi connectivity index (χ1v) is 8.84. The van der Waals surface area contributed by atoms with Gasteiger partial charge < -0.3 is 5.32 Å². The van der Waals surface area contributed by atoms with Gasteiger partial charge in [-0.2, -0.15) is 0 Å². The van der Waals surface area contributed by atoms with Crippen LogP contribution < -0.4 is 5.32 Å². The van der Waals surface area contributed by atoms with Gasteiger partial charge in [0.1, 0.15) is 5.01 Å². The van der Waals surface area contributed by atoms with E-state index in [4.69, 9.17) is 4.98 Å². The van der Waals surface area contributed by atoms with E-state index in [0.29, 0.717) is 6.54 Å². The van der Waals surface area contributed by atoms with Crippen LogP contribution in [0.3, 0.4) is 0 Å². The molecule has 23 heavy (non-hydrogen) atoms. The van der Waals surface area contributed by atoms with Crippen LogP contribution in [0, 0.1) is 0 Å². The Kier molecular flexibility index (Phi) is 4.88.